The van der Waals surface area contributed by atoms with Gasteiger partial charge >= 0.3 is 0 Å². The maximum absolute atomic E-state index is 13.6. The Balaban J connectivity index is 1.79. The molecule has 154 valence electrons. The van der Waals surface area contributed by atoms with Crippen molar-refractivity contribution >= 4 is 46.1 Å². The van der Waals surface area contributed by atoms with Gasteiger partial charge in [0.2, 0.25) is 5.76 Å². The Kier molecular flexibility index (Phi) is 4.84. The summed E-state index contributed by atoms with van der Waals surface area (Å²) >= 11 is 7.63. The van der Waals surface area contributed by atoms with Crippen LogP contribution in [0, 0.1) is 6.92 Å². The van der Waals surface area contributed by atoms with Crippen LogP contribution < -0.4 is 10.3 Å². The lowest BCUT2D eigenvalue weighted by atomic mass is 9.98. The van der Waals surface area contributed by atoms with E-state index >= 15 is 0 Å². The summed E-state index contributed by atoms with van der Waals surface area (Å²) in [6, 6.07) is 15.9. The third-order valence-electron chi connectivity index (χ3n) is 5.42. The molecule has 0 bridgehead atoms. The third-order valence-corrected chi connectivity index (χ3v) is 6.38. The van der Waals surface area contributed by atoms with E-state index in [2.05, 4.69) is 4.98 Å². The fourth-order valence-electron chi connectivity index (χ4n) is 3.94. The van der Waals surface area contributed by atoms with Gasteiger partial charge in [0, 0.05) is 11.1 Å². The van der Waals surface area contributed by atoms with Crippen LogP contribution in [0.25, 0.3) is 11.0 Å². The number of fused-ring (bicyclic) bond motifs is 2. The van der Waals surface area contributed by atoms with Crippen LogP contribution in [0.1, 0.15) is 33.3 Å². The summed E-state index contributed by atoms with van der Waals surface area (Å²) in [5, 5.41) is 0.924. The van der Waals surface area contributed by atoms with E-state index < -0.39 is 11.9 Å². The van der Waals surface area contributed by atoms with Crippen molar-refractivity contribution in [3.8, 4) is 0 Å². The molecule has 1 atom stereocenters. The lowest BCUT2D eigenvalue weighted by Gasteiger charge is -2.24. The average molecular weight is 449 g/mol. The summed E-state index contributed by atoms with van der Waals surface area (Å²) in [7, 11) is 0. The van der Waals surface area contributed by atoms with Crippen LogP contribution in [0.2, 0.25) is 5.02 Å². The van der Waals surface area contributed by atoms with Crippen molar-refractivity contribution in [1.29, 1.82) is 0 Å². The van der Waals surface area contributed by atoms with Crippen molar-refractivity contribution in [2.45, 2.75) is 17.9 Å². The third kappa shape index (κ3) is 3.23. The Morgan fingerprint density at radius 2 is 1.84 bits per heavy atom. The fraction of sp³-hybridized carbons (Fsp3) is 0.125. The topological polar surface area (TPSA) is 63.4 Å². The smallest absolute Gasteiger partial charge is 0.296 e. The molecule has 0 N–H and O–H groups in total. The Morgan fingerprint density at radius 1 is 1.06 bits per heavy atom. The minimum atomic E-state index is -0.645. The lowest BCUT2D eigenvalue weighted by Crippen LogP contribution is -2.30. The highest BCUT2D eigenvalue weighted by atomic mass is 35.5. The minimum absolute atomic E-state index is 0.0528. The van der Waals surface area contributed by atoms with E-state index in [0.717, 1.165) is 16.0 Å². The zero-order valence-corrected chi connectivity index (χ0v) is 18.3. The van der Waals surface area contributed by atoms with Gasteiger partial charge in [0.05, 0.1) is 22.0 Å². The summed E-state index contributed by atoms with van der Waals surface area (Å²) in [4.78, 5) is 34.0. The van der Waals surface area contributed by atoms with E-state index in [9.17, 15) is 9.59 Å². The average Bonchev–Trinajstić information content (AvgIpc) is 3.07. The summed E-state index contributed by atoms with van der Waals surface area (Å²) in [6.45, 7) is 1.92. The van der Waals surface area contributed by atoms with Gasteiger partial charge in [0.15, 0.2) is 5.43 Å². The van der Waals surface area contributed by atoms with Gasteiger partial charge in [0.1, 0.15) is 11.4 Å². The molecule has 2 aromatic carbocycles. The summed E-state index contributed by atoms with van der Waals surface area (Å²) in [5.74, 6) is 0.0553. The molecule has 0 saturated heterocycles. The van der Waals surface area contributed by atoms with Crippen LogP contribution in [-0.2, 0) is 0 Å². The molecule has 0 saturated carbocycles. The Morgan fingerprint density at radius 3 is 2.52 bits per heavy atom. The van der Waals surface area contributed by atoms with Crippen molar-refractivity contribution < 1.29 is 9.21 Å². The first kappa shape index (κ1) is 19.8. The Labute approximate surface area is 187 Å². The summed E-state index contributed by atoms with van der Waals surface area (Å²) in [6.07, 6.45) is 3.48. The molecule has 0 spiro atoms. The van der Waals surface area contributed by atoms with Gasteiger partial charge in [-0.2, -0.15) is 0 Å². The molecule has 5 nitrogen and oxygen atoms in total. The van der Waals surface area contributed by atoms with E-state index in [0.29, 0.717) is 27.4 Å². The number of hydrogen-bond donors (Lipinski definition) is 0. The molecule has 2 aromatic heterocycles. The number of aromatic nitrogens is 1. The van der Waals surface area contributed by atoms with E-state index in [1.54, 1.807) is 36.0 Å². The summed E-state index contributed by atoms with van der Waals surface area (Å²) < 4.78 is 5.98. The van der Waals surface area contributed by atoms with Gasteiger partial charge in [-0.3, -0.25) is 14.5 Å². The molecule has 0 aliphatic carbocycles. The number of nitrogens with zero attached hydrogens (tertiary/aromatic N) is 2. The molecule has 0 radical (unpaired) electrons. The highest BCUT2D eigenvalue weighted by Gasteiger charge is 2.44. The number of aryl methyl sites for hydroxylation is 1. The van der Waals surface area contributed by atoms with Gasteiger partial charge in [-0.1, -0.05) is 35.4 Å². The van der Waals surface area contributed by atoms with E-state index in [-0.39, 0.29) is 11.2 Å². The normalized spacial score (nSPS) is 15.5. The van der Waals surface area contributed by atoms with Crippen LogP contribution in [0.5, 0.6) is 0 Å². The molecule has 1 aliphatic rings. The van der Waals surface area contributed by atoms with Crippen molar-refractivity contribution in [3.05, 3.63) is 98.5 Å². The van der Waals surface area contributed by atoms with Gasteiger partial charge in [0.25, 0.3) is 5.91 Å². The first-order chi connectivity index (χ1) is 15.0. The van der Waals surface area contributed by atoms with Crippen LogP contribution in [0.15, 0.2) is 74.9 Å². The SMILES string of the molecule is CSc1ccc(C2c3c(oc4ccc(C)cc4c3=O)C(=O)N2c2ccc(Cl)cn2)cc1. The molecule has 3 heterocycles. The summed E-state index contributed by atoms with van der Waals surface area (Å²) in [5.41, 5.74) is 2.27. The van der Waals surface area contributed by atoms with Gasteiger partial charge in [-0.15, -0.1) is 11.8 Å². The number of carbonyl (C=O) groups excluding carboxylic acids is 1. The Bertz CT molecular complexity index is 1380. The second-order valence-corrected chi connectivity index (χ2v) is 8.68. The fourth-order valence-corrected chi connectivity index (χ4v) is 4.46. The van der Waals surface area contributed by atoms with Crippen LogP contribution in [0.3, 0.4) is 0 Å². The van der Waals surface area contributed by atoms with Crippen LogP contribution >= 0.6 is 23.4 Å². The molecule has 1 unspecified atom stereocenters. The quantitative estimate of drug-likeness (QED) is 0.380. The van der Waals surface area contributed by atoms with Crippen LogP contribution in [-0.4, -0.2) is 17.1 Å². The largest absolute Gasteiger partial charge is 0.450 e. The number of rotatable bonds is 3. The highest BCUT2D eigenvalue weighted by molar-refractivity contribution is 7.98. The first-order valence-electron chi connectivity index (χ1n) is 9.64. The van der Waals surface area contributed by atoms with Gasteiger partial charge in [-0.25, -0.2) is 4.98 Å². The number of halogens is 1. The van der Waals surface area contributed by atoms with Gasteiger partial charge in [-0.05, 0) is 55.1 Å². The maximum atomic E-state index is 13.6. The number of pyridine rings is 1. The predicted octanol–water partition coefficient (Wildman–Crippen LogP) is 5.62. The van der Waals surface area contributed by atoms with E-state index in [1.807, 2.05) is 43.5 Å². The lowest BCUT2D eigenvalue weighted by molar-refractivity contribution is 0.0970. The van der Waals surface area contributed by atoms with Crippen molar-refractivity contribution in [2.24, 2.45) is 0 Å². The standard InChI is InChI=1S/C24H17ClN2O3S/c1-13-3-9-18-17(11-13)22(28)20-21(14-4-7-16(31-2)8-5-14)27(24(29)23(20)30-18)19-10-6-15(25)12-26-19/h3-12,21H,1-2H3. The van der Waals surface area contributed by atoms with E-state index in [4.69, 9.17) is 16.0 Å². The number of thioether (sulfide) groups is 1. The number of anilines is 1. The zero-order valence-electron chi connectivity index (χ0n) is 16.8. The molecular weight excluding hydrogens is 432 g/mol. The predicted molar refractivity (Wildman–Crippen MR) is 123 cm³/mol. The number of benzene rings is 2. The van der Waals surface area contributed by atoms with E-state index in [1.165, 1.54) is 11.1 Å². The zero-order chi connectivity index (χ0) is 21.7. The molecule has 31 heavy (non-hydrogen) atoms. The second kappa shape index (κ2) is 7.55. The van der Waals surface area contributed by atoms with Crippen molar-refractivity contribution in [1.82, 2.24) is 4.98 Å². The Hall–Kier alpha value is -3.09. The number of amides is 1. The molecule has 1 aliphatic heterocycles. The van der Waals surface area contributed by atoms with Crippen molar-refractivity contribution in [3.63, 3.8) is 0 Å². The molecule has 4 aromatic rings. The molecule has 1 amide bonds. The van der Waals surface area contributed by atoms with Crippen molar-refractivity contribution in [2.75, 3.05) is 11.2 Å². The highest BCUT2D eigenvalue weighted by Crippen LogP contribution is 2.41. The molecule has 0 fully saturated rings. The molecule has 7 heteroatoms. The molecular formula is C24H17ClN2O3S. The second-order valence-electron chi connectivity index (χ2n) is 7.36. The number of carbonyl (C=O) groups is 1. The van der Waals surface area contributed by atoms with Crippen LogP contribution in [0.4, 0.5) is 5.82 Å². The maximum Gasteiger partial charge on any atom is 0.296 e. The number of hydrogen-bond acceptors (Lipinski definition) is 5. The van der Waals surface area contributed by atoms with Gasteiger partial charge < -0.3 is 4.42 Å². The first-order valence-corrected chi connectivity index (χ1v) is 11.2. The molecule has 5 rings (SSSR count). The minimum Gasteiger partial charge on any atom is -0.450 e. The monoisotopic (exact) mass is 448 g/mol.